The van der Waals surface area contributed by atoms with Gasteiger partial charge in [-0.25, -0.2) is 0 Å². The molecule has 1 aromatic heterocycles. The van der Waals surface area contributed by atoms with Gasteiger partial charge in [-0.05, 0) is 31.3 Å². The van der Waals surface area contributed by atoms with Crippen LogP contribution in [0.25, 0.3) is 0 Å². The van der Waals surface area contributed by atoms with E-state index in [9.17, 15) is 9.90 Å². The zero-order valence-electron chi connectivity index (χ0n) is 11.8. The monoisotopic (exact) mass is 295 g/mol. The summed E-state index contributed by atoms with van der Waals surface area (Å²) in [5.74, 6) is 1.27. The highest BCUT2D eigenvalue weighted by Gasteiger charge is 2.34. The van der Waals surface area contributed by atoms with E-state index in [1.165, 1.54) is 24.1 Å². The van der Waals surface area contributed by atoms with E-state index in [0.29, 0.717) is 25.4 Å². The van der Waals surface area contributed by atoms with Crippen LogP contribution in [0.15, 0.2) is 0 Å². The highest BCUT2D eigenvalue weighted by Crippen LogP contribution is 2.42. The van der Waals surface area contributed by atoms with Crippen molar-refractivity contribution >= 4 is 17.7 Å². The highest BCUT2D eigenvalue weighted by atomic mass is 32.2. The number of carbonyl (C=O) groups is 1. The first-order valence-electron chi connectivity index (χ1n) is 7.22. The number of aromatic amines is 1. The second-order valence-corrected chi connectivity index (χ2v) is 6.63. The van der Waals surface area contributed by atoms with Gasteiger partial charge in [0.25, 0.3) is 5.91 Å². The number of hydrogen-bond acceptors (Lipinski definition) is 4. The van der Waals surface area contributed by atoms with E-state index in [1.54, 1.807) is 16.7 Å². The average molecular weight is 295 g/mol. The number of aliphatic hydroxyl groups excluding tert-OH is 1. The topological polar surface area (TPSA) is 69.2 Å². The number of amides is 1. The lowest BCUT2D eigenvalue weighted by molar-refractivity contribution is -0.141. The van der Waals surface area contributed by atoms with Gasteiger partial charge >= 0.3 is 0 Å². The second kappa shape index (κ2) is 5.77. The molecule has 1 amide bonds. The number of carbonyl (C=O) groups excluding carboxylic acids is 1. The molecule has 2 N–H and O–H groups in total. The third kappa shape index (κ3) is 2.72. The molecule has 0 aromatic carbocycles. The van der Waals surface area contributed by atoms with Gasteiger partial charge in [-0.1, -0.05) is 0 Å². The van der Waals surface area contributed by atoms with Crippen molar-refractivity contribution in [3.8, 4) is 0 Å². The van der Waals surface area contributed by atoms with E-state index in [0.717, 1.165) is 17.9 Å². The van der Waals surface area contributed by atoms with Crippen molar-refractivity contribution in [2.24, 2.45) is 0 Å². The Hall–Kier alpha value is -1.01. The van der Waals surface area contributed by atoms with Crippen molar-refractivity contribution in [3.63, 3.8) is 0 Å². The first-order chi connectivity index (χ1) is 9.70. The SMILES string of the molecule is CSCC[C@H](O)C(=O)N1CCc2[nH]nc(C3CC3)c2C1. The third-order valence-corrected chi connectivity index (χ3v) is 4.77. The maximum Gasteiger partial charge on any atom is 0.251 e. The van der Waals surface area contributed by atoms with Crippen LogP contribution in [0.1, 0.15) is 42.1 Å². The van der Waals surface area contributed by atoms with Crippen LogP contribution in [0.3, 0.4) is 0 Å². The number of hydrogen-bond donors (Lipinski definition) is 2. The number of aromatic nitrogens is 2. The maximum atomic E-state index is 12.3. The number of aliphatic hydroxyl groups is 1. The van der Waals surface area contributed by atoms with Gasteiger partial charge in [-0.2, -0.15) is 16.9 Å². The smallest absolute Gasteiger partial charge is 0.251 e. The Morgan fingerprint density at radius 2 is 2.40 bits per heavy atom. The Morgan fingerprint density at radius 1 is 1.60 bits per heavy atom. The molecule has 1 aliphatic heterocycles. The molecule has 1 atom stereocenters. The number of nitrogens with one attached hydrogen (secondary N) is 1. The largest absolute Gasteiger partial charge is 0.383 e. The number of nitrogens with zero attached hydrogens (tertiary/aromatic N) is 2. The van der Waals surface area contributed by atoms with Crippen LogP contribution in [-0.2, 0) is 17.8 Å². The van der Waals surface area contributed by atoms with E-state index in [4.69, 9.17) is 0 Å². The lowest BCUT2D eigenvalue weighted by atomic mass is 10.0. The molecule has 0 unspecified atom stereocenters. The first kappa shape index (κ1) is 13.9. The summed E-state index contributed by atoms with van der Waals surface area (Å²) in [5.41, 5.74) is 3.52. The van der Waals surface area contributed by atoms with Crippen LogP contribution in [0.4, 0.5) is 0 Å². The van der Waals surface area contributed by atoms with Gasteiger partial charge in [0, 0.05) is 36.7 Å². The second-order valence-electron chi connectivity index (χ2n) is 5.65. The fourth-order valence-corrected chi connectivity index (χ4v) is 3.22. The van der Waals surface area contributed by atoms with Gasteiger partial charge in [0.15, 0.2) is 0 Å². The minimum Gasteiger partial charge on any atom is -0.383 e. The van der Waals surface area contributed by atoms with Crippen LogP contribution in [0, 0.1) is 0 Å². The molecule has 20 heavy (non-hydrogen) atoms. The molecule has 1 saturated carbocycles. The van der Waals surface area contributed by atoms with Crippen molar-refractivity contribution in [2.45, 2.75) is 44.2 Å². The quantitative estimate of drug-likeness (QED) is 0.859. The fourth-order valence-electron chi connectivity index (χ4n) is 2.76. The molecule has 1 aromatic rings. The van der Waals surface area contributed by atoms with Crippen LogP contribution in [-0.4, -0.2) is 50.8 Å². The summed E-state index contributed by atoms with van der Waals surface area (Å²) in [5, 5.41) is 17.5. The molecule has 0 radical (unpaired) electrons. The zero-order valence-corrected chi connectivity index (χ0v) is 12.6. The summed E-state index contributed by atoms with van der Waals surface area (Å²) in [4.78, 5) is 14.1. The van der Waals surface area contributed by atoms with E-state index < -0.39 is 6.10 Å². The lowest BCUT2D eigenvalue weighted by Gasteiger charge is -2.29. The molecule has 110 valence electrons. The van der Waals surface area contributed by atoms with Crippen LogP contribution in [0.5, 0.6) is 0 Å². The molecular weight excluding hydrogens is 274 g/mol. The Balaban J connectivity index is 1.68. The van der Waals surface area contributed by atoms with E-state index in [2.05, 4.69) is 10.2 Å². The van der Waals surface area contributed by atoms with Crippen molar-refractivity contribution in [1.29, 1.82) is 0 Å². The lowest BCUT2D eigenvalue weighted by Crippen LogP contribution is -2.42. The summed E-state index contributed by atoms with van der Waals surface area (Å²) in [6.45, 7) is 1.28. The van der Waals surface area contributed by atoms with Crippen molar-refractivity contribution in [3.05, 3.63) is 17.0 Å². The van der Waals surface area contributed by atoms with Gasteiger partial charge in [0.2, 0.25) is 0 Å². The van der Waals surface area contributed by atoms with E-state index >= 15 is 0 Å². The van der Waals surface area contributed by atoms with Gasteiger partial charge < -0.3 is 10.0 Å². The summed E-state index contributed by atoms with van der Waals surface area (Å²) < 4.78 is 0. The number of thioether (sulfide) groups is 1. The molecule has 0 saturated heterocycles. The number of H-pyrrole nitrogens is 1. The van der Waals surface area contributed by atoms with Gasteiger partial charge in [-0.15, -0.1) is 0 Å². The minimum atomic E-state index is -0.861. The Bertz CT molecular complexity index is 499. The number of rotatable bonds is 5. The standard InChI is InChI=1S/C14H21N3O2S/c1-20-7-5-12(18)14(19)17-6-4-11-10(8-17)13(16-15-11)9-2-3-9/h9,12,18H,2-8H2,1H3,(H,15,16)/t12-/m0/s1. The number of fused-ring (bicyclic) bond motifs is 1. The van der Waals surface area contributed by atoms with E-state index in [1.807, 2.05) is 6.26 Å². The minimum absolute atomic E-state index is 0.132. The molecule has 1 aliphatic carbocycles. The normalized spacial score (nSPS) is 19.8. The Morgan fingerprint density at radius 3 is 3.10 bits per heavy atom. The van der Waals surface area contributed by atoms with Gasteiger partial charge in [-0.3, -0.25) is 9.89 Å². The maximum absolute atomic E-state index is 12.3. The molecule has 1 fully saturated rings. The molecule has 2 aliphatic rings. The summed E-state index contributed by atoms with van der Waals surface area (Å²) in [7, 11) is 0. The van der Waals surface area contributed by atoms with Crippen LogP contribution >= 0.6 is 11.8 Å². The first-order valence-corrected chi connectivity index (χ1v) is 8.62. The molecular formula is C14H21N3O2S. The predicted molar refractivity (Wildman–Crippen MR) is 78.7 cm³/mol. The molecule has 3 rings (SSSR count). The fraction of sp³-hybridized carbons (Fsp3) is 0.714. The van der Waals surface area contributed by atoms with Crippen LogP contribution < -0.4 is 0 Å². The van der Waals surface area contributed by atoms with Crippen LogP contribution in [0.2, 0.25) is 0 Å². The summed E-state index contributed by atoms with van der Waals surface area (Å²) >= 11 is 1.65. The molecule has 0 spiro atoms. The third-order valence-electron chi connectivity index (χ3n) is 4.12. The summed E-state index contributed by atoms with van der Waals surface area (Å²) in [6, 6.07) is 0. The molecule has 2 heterocycles. The van der Waals surface area contributed by atoms with Gasteiger partial charge in [0.1, 0.15) is 6.10 Å². The average Bonchev–Trinajstić information content (AvgIpc) is 3.23. The van der Waals surface area contributed by atoms with E-state index in [-0.39, 0.29) is 5.91 Å². The van der Waals surface area contributed by atoms with Crippen molar-refractivity contribution in [2.75, 3.05) is 18.6 Å². The zero-order chi connectivity index (χ0) is 14.1. The Labute approximate surface area is 123 Å². The van der Waals surface area contributed by atoms with Crippen molar-refractivity contribution in [1.82, 2.24) is 15.1 Å². The van der Waals surface area contributed by atoms with Gasteiger partial charge in [0.05, 0.1) is 5.69 Å². The highest BCUT2D eigenvalue weighted by molar-refractivity contribution is 7.98. The molecule has 6 heteroatoms. The Kier molecular flexibility index (Phi) is 4.03. The van der Waals surface area contributed by atoms with Crippen molar-refractivity contribution < 1.29 is 9.90 Å². The molecule has 0 bridgehead atoms. The molecule has 5 nitrogen and oxygen atoms in total. The summed E-state index contributed by atoms with van der Waals surface area (Å²) in [6.07, 6.45) is 4.89. The predicted octanol–water partition coefficient (Wildman–Crippen LogP) is 1.29.